The topological polar surface area (TPSA) is 103 Å². The van der Waals surface area contributed by atoms with Crippen LogP contribution >= 0.6 is 0 Å². The van der Waals surface area contributed by atoms with Gasteiger partial charge in [-0.15, -0.1) is 0 Å². The molecule has 0 bridgehead atoms. The molecule has 2 heterocycles. The highest BCUT2D eigenvalue weighted by molar-refractivity contribution is 5.91. The van der Waals surface area contributed by atoms with Crippen molar-refractivity contribution in [2.45, 2.75) is 20.3 Å². The maximum atomic E-state index is 12.5. The average molecular weight is 470 g/mol. The Morgan fingerprint density at radius 1 is 1.03 bits per heavy atom. The van der Waals surface area contributed by atoms with Crippen molar-refractivity contribution < 1.29 is 14.3 Å². The summed E-state index contributed by atoms with van der Waals surface area (Å²) in [5.74, 6) is 1.33. The number of benzene rings is 1. The highest BCUT2D eigenvalue weighted by Crippen LogP contribution is 2.23. The lowest BCUT2D eigenvalue weighted by molar-refractivity contribution is -0.131. The zero-order valence-corrected chi connectivity index (χ0v) is 20.1. The molecule has 1 aromatic heterocycles. The highest BCUT2D eigenvalue weighted by atomic mass is 16.5. The molecule has 10 nitrogen and oxygen atoms in total. The standard InChI is InChI=1S/C24H35N7O3/c1-3-29(4-2)18-19-34-21-9-6-5-8-20(21)28-24(33)27-13-10-22(32)30-14-16-31(17-15-30)23-25-11-7-12-26-23/h5-9,11-12H,3-4,10,13-19H2,1-2H3,(H2,27,28,33). The molecule has 0 spiro atoms. The first-order valence-electron chi connectivity index (χ1n) is 11.9. The minimum absolute atomic E-state index is 0.0223. The van der Waals surface area contributed by atoms with Crippen LogP contribution in [0.25, 0.3) is 0 Å². The number of hydrogen-bond donors (Lipinski definition) is 2. The van der Waals surface area contributed by atoms with Crippen LogP contribution in [0.5, 0.6) is 5.75 Å². The largest absolute Gasteiger partial charge is 0.490 e. The third kappa shape index (κ3) is 7.58. The van der Waals surface area contributed by atoms with Gasteiger partial charge in [-0.2, -0.15) is 0 Å². The second-order valence-corrected chi connectivity index (χ2v) is 7.92. The fraction of sp³-hybridized carbons (Fsp3) is 0.500. The molecule has 3 rings (SSSR count). The molecule has 2 N–H and O–H groups in total. The molecule has 1 fully saturated rings. The number of hydrogen-bond acceptors (Lipinski definition) is 7. The molecule has 3 amide bonds. The van der Waals surface area contributed by atoms with E-state index in [0.29, 0.717) is 50.2 Å². The number of anilines is 2. The van der Waals surface area contributed by atoms with Gasteiger partial charge in [-0.1, -0.05) is 26.0 Å². The zero-order chi connectivity index (χ0) is 24.2. The van der Waals surface area contributed by atoms with E-state index in [-0.39, 0.29) is 24.9 Å². The summed E-state index contributed by atoms with van der Waals surface area (Å²) in [6.07, 6.45) is 3.68. The summed E-state index contributed by atoms with van der Waals surface area (Å²) in [5, 5.41) is 5.58. The Morgan fingerprint density at radius 2 is 1.74 bits per heavy atom. The minimum atomic E-state index is -0.362. The van der Waals surface area contributed by atoms with Gasteiger partial charge in [0.05, 0.1) is 5.69 Å². The molecule has 0 saturated carbocycles. The van der Waals surface area contributed by atoms with Crippen LogP contribution in [0.2, 0.25) is 0 Å². The van der Waals surface area contributed by atoms with Crippen molar-refractivity contribution in [3.05, 3.63) is 42.7 Å². The lowest BCUT2D eigenvalue weighted by atomic mass is 10.3. The van der Waals surface area contributed by atoms with Crippen LogP contribution in [-0.2, 0) is 4.79 Å². The van der Waals surface area contributed by atoms with Gasteiger partial charge < -0.3 is 30.1 Å². The van der Waals surface area contributed by atoms with Crippen LogP contribution in [0.1, 0.15) is 20.3 Å². The Kier molecular flexibility index (Phi) is 9.90. The fourth-order valence-corrected chi connectivity index (χ4v) is 3.74. The monoisotopic (exact) mass is 469 g/mol. The lowest BCUT2D eigenvalue weighted by Crippen LogP contribution is -2.49. The van der Waals surface area contributed by atoms with Gasteiger partial charge in [0.1, 0.15) is 12.4 Å². The molecule has 0 unspecified atom stereocenters. The number of piperazine rings is 1. The normalized spacial score (nSPS) is 13.6. The summed E-state index contributed by atoms with van der Waals surface area (Å²) >= 11 is 0. The zero-order valence-electron chi connectivity index (χ0n) is 20.1. The maximum absolute atomic E-state index is 12.5. The number of likely N-dealkylation sites (N-methyl/N-ethyl adjacent to an activating group) is 1. The molecule has 34 heavy (non-hydrogen) atoms. The van der Waals surface area contributed by atoms with Crippen LogP contribution in [0.3, 0.4) is 0 Å². The maximum Gasteiger partial charge on any atom is 0.319 e. The Bertz CT molecular complexity index is 900. The SMILES string of the molecule is CCN(CC)CCOc1ccccc1NC(=O)NCCC(=O)N1CCN(c2ncccn2)CC1. The molecular formula is C24H35N7O3. The summed E-state index contributed by atoms with van der Waals surface area (Å²) in [4.78, 5) is 39.6. The minimum Gasteiger partial charge on any atom is -0.490 e. The number of para-hydroxylation sites is 2. The summed E-state index contributed by atoms with van der Waals surface area (Å²) < 4.78 is 5.88. The van der Waals surface area contributed by atoms with Crippen molar-refractivity contribution in [1.82, 2.24) is 25.1 Å². The summed E-state index contributed by atoms with van der Waals surface area (Å²) in [6, 6.07) is 8.77. The first-order valence-corrected chi connectivity index (χ1v) is 11.9. The van der Waals surface area contributed by atoms with Gasteiger partial charge in [-0.25, -0.2) is 14.8 Å². The average Bonchev–Trinajstić information content (AvgIpc) is 2.88. The van der Waals surface area contributed by atoms with E-state index in [4.69, 9.17) is 4.74 Å². The van der Waals surface area contributed by atoms with E-state index in [1.165, 1.54) is 0 Å². The van der Waals surface area contributed by atoms with E-state index in [1.54, 1.807) is 24.5 Å². The predicted octanol–water partition coefficient (Wildman–Crippen LogP) is 2.06. The van der Waals surface area contributed by atoms with E-state index in [1.807, 2.05) is 23.1 Å². The van der Waals surface area contributed by atoms with Crippen LogP contribution < -0.4 is 20.3 Å². The Balaban J connectivity index is 1.37. The van der Waals surface area contributed by atoms with Gasteiger partial charge in [0.2, 0.25) is 11.9 Å². The Hall–Kier alpha value is -3.40. The van der Waals surface area contributed by atoms with Crippen LogP contribution in [0.15, 0.2) is 42.7 Å². The van der Waals surface area contributed by atoms with Crippen molar-refractivity contribution >= 4 is 23.6 Å². The van der Waals surface area contributed by atoms with E-state index >= 15 is 0 Å². The van der Waals surface area contributed by atoms with Gasteiger partial charge in [0, 0.05) is 58.1 Å². The van der Waals surface area contributed by atoms with E-state index < -0.39 is 0 Å². The number of aromatic nitrogens is 2. The van der Waals surface area contributed by atoms with E-state index in [0.717, 1.165) is 19.6 Å². The van der Waals surface area contributed by atoms with Crippen LogP contribution in [-0.4, -0.2) is 90.7 Å². The third-order valence-corrected chi connectivity index (χ3v) is 5.79. The second-order valence-electron chi connectivity index (χ2n) is 7.92. The molecule has 184 valence electrons. The van der Waals surface area contributed by atoms with Crippen molar-refractivity contribution in [1.29, 1.82) is 0 Å². The number of urea groups is 1. The van der Waals surface area contributed by atoms with Crippen molar-refractivity contribution in [3.63, 3.8) is 0 Å². The smallest absolute Gasteiger partial charge is 0.319 e. The second kappa shape index (κ2) is 13.3. The Morgan fingerprint density at radius 3 is 2.44 bits per heavy atom. The molecule has 1 aliphatic heterocycles. The van der Waals surface area contributed by atoms with Gasteiger partial charge >= 0.3 is 6.03 Å². The quantitative estimate of drug-likeness (QED) is 0.519. The highest BCUT2D eigenvalue weighted by Gasteiger charge is 2.22. The summed E-state index contributed by atoms with van der Waals surface area (Å²) in [7, 11) is 0. The first kappa shape index (κ1) is 25.2. The molecule has 10 heteroatoms. The number of ether oxygens (including phenoxy) is 1. The number of carbonyl (C=O) groups is 2. The number of rotatable bonds is 11. The molecule has 0 aliphatic carbocycles. The molecule has 1 aromatic carbocycles. The third-order valence-electron chi connectivity index (χ3n) is 5.79. The van der Waals surface area contributed by atoms with Gasteiger partial charge in [0.25, 0.3) is 0 Å². The number of nitrogens with one attached hydrogen (secondary N) is 2. The van der Waals surface area contributed by atoms with E-state index in [2.05, 4.69) is 44.2 Å². The number of nitrogens with zero attached hydrogens (tertiary/aromatic N) is 5. The molecule has 1 saturated heterocycles. The molecule has 0 atom stereocenters. The predicted molar refractivity (Wildman–Crippen MR) is 132 cm³/mol. The van der Waals surface area contributed by atoms with Crippen molar-refractivity contribution in [2.24, 2.45) is 0 Å². The lowest BCUT2D eigenvalue weighted by Gasteiger charge is -2.34. The molecule has 1 aliphatic rings. The molecule has 0 radical (unpaired) electrons. The van der Waals surface area contributed by atoms with Crippen LogP contribution in [0, 0.1) is 0 Å². The Labute approximate surface area is 201 Å². The van der Waals surface area contributed by atoms with E-state index in [9.17, 15) is 9.59 Å². The van der Waals surface area contributed by atoms with Crippen LogP contribution in [0.4, 0.5) is 16.4 Å². The molecular weight excluding hydrogens is 434 g/mol. The van der Waals surface area contributed by atoms with Gasteiger partial charge in [-0.05, 0) is 31.3 Å². The number of carbonyl (C=O) groups excluding carboxylic acids is 2. The summed E-state index contributed by atoms with van der Waals surface area (Å²) in [5.41, 5.74) is 0.602. The number of amides is 3. The van der Waals surface area contributed by atoms with Crippen molar-refractivity contribution in [3.8, 4) is 5.75 Å². The first-order chi connectivity index (χ1) is 16.6. The van der Waals surface area contributed by atoms with Gasteiger partial charge in [0.15, 0.2) is 0 Å². The fourth-order valence-electron chi connectivity index (χ4n) is 3.74. The van der Waals surface area contributed by atoms with Crippen molar-refractivity contribution in [2.75, 3.05) is 69.2 Å². The summed E-state index contributed by atoms with van der Waals surface area (Å²) in [6.45, 7) is 10.4. The van der Waals surface area contributed by atoms with Gasteiger partial charge in [-0.3, -0.25) is 4.79 Å². The molecule has 2 aromatic rings.